The van der Waals surface area contributed by atoms with Crippen molar-refractivity contribution in [2.75, 3.05) is 13.1 Å². The highest BCUT2D eigenvalue weighted by Crippen LogP contribution is 2.32. The van der Waals surface area contributed by atoms with Crippen LogP contribution in [0.15, 0.2) is 0 Å². The standard InChI is InChI=1S/C11H19NO/c13-11-3-1-9(2-4-11)10-5-7-12-8-6-10/h9-10,12H,1-8H2. The smallest absolute Gasteiger partial charge is 0.132 e. The van der Waals surface area contributed by atoms with Crippen LogP contribution in [0.25, 0.3) is 0 Å². The SMILES string of the molecule is O=C1CCC(C2CCNCC2)CC1. The van der Waals surface area contributed by atoms with E-state index in [2.05, 4.69) is 5.32 Å². The summed E-state index contributed by atoms with van der Waals surface area (Å²) in [4.78, 5) is 11.1. The van der Waals surface area contributed by atoms with Crippen LogP contribution in [0.2, 0.25) is 0 Å². The topological polar surface area (TPSA) is 29.1 Å². The molecular weight excluding hydrogens is 162 g/mol. The van der Waals surface area contributed by atoms with Crippen molar-refractivity contribution in [3.8, 4) is 0 Å². The van der Waals surface area contributed by atoms with Crippen molar-refractivity contribution in [1.29, 1.82) is 0 Å². The molecule has 0 aromatic rings. The molecule has 1 aliphatic heterocycles. The minimum atomic E-state index is 0.491. The Morgan fingerprint density at radius 3 is 2.08 bits per heavy atom. The molecule has 0 bridgehead atoms. The summed E-state index contributed by atoms with van der Waals surface area (Å²) in [6, 6.07) is 0. The molecule has 1 heterocycles. The Kier molecular flexibility index (Phi) is 2.99. The van der Waals surface area contributed by atoms with Gasteiger partial charge in [-0.25, -0.2) is 0 Å². The minimum absolute atomic E-state index is 0.491. The van der Waals surface area contributed by atoms with Crippen LogP contribution in [0.4, 0.5) is 0 Å². The Balaban J connectivity index is 1.82. The number of carbonyl (C=O) groups excluding carboxylic acids is 1. The quantitative estimate of drug-likeness (QED) is 0.667. The first-order chi connectivity index (χ1) is 6.36. The summed E-state index contributed by atoms with van der Waals surface area (Å²) in [5.41, 5.74) is 0. The molecular formula is C11H19NO. The van der Waals surface area contributed by atoms with Crippen LogP contribution in [0.3, 0.4) is 0 Å². The van der Waals surface area contributed by atoms with Gasteiger partial charge in [-0.2, -0.15) is 0 Å². The maximum absolute atomic E-state index is 11.1. The molecule has 1 N–H and O–H groups in total. The number of Topliss-reactive ketones (excluding diaryl/α,β-unsaturated/α-hetero) is 1. The lowest BCUT2D eigenvalue weighted by molar-refractivity contribution is -0.121. The molecule has 0 unspecified atom stereocenters. The maximum atomic E-state index is 11.1. The lowest BCUT2D eigenvalue weighted by Crippen LogP contribution is -2.33. The monoisotopic (exact) mass is 181 g/mol. The van der Waals surface area contributed by atoms with Gasteiger partial charge in [0.25, 0.3) is 0 Å². The Bertz CT molecular complexity index is 175. The average Bonchev–Trinajstić information content (AvgIpc) is 2.20. The van der Waals surface area contributed by atoms with Crippen molar-refractivity contribution < 1.29 is 4.79 Å². The van der Waals surface area contributed by atoms with Crippen LogP contribution in [0, 0.1) is 11.8 Å². The van der Waals surface area contributed by atoms with E-state index in [1.165, 1.54) is 38.8 Å². The first kappa shape index (κ1) is 9.20. The van der Waals surface area contributed by atoms with E-state index in [0.717, 1.165) is 24.7 Å². The molecule has 1 saturated heterocycles. The normalized spacial score (nSPS) is 27.8. The van der Waals surface area contributed by atoms with E-state index in [1.807, 2.05) is 0 Å². The van der Waals surface area contributed by atoms with Crippen molar-refractivity contribution in [3.05, 3.63) is 0 Å². The second kappa shape index (κ2) is 4.23. The number of hydrogen-bond acceptors (Lipinski definition) is 2. The molecule has 0 atom stereocenters. The van der Waals surface area contributed by atoms with Crippen molar-refractivity contribution >= 4 is 5.78 Å². The van der Waals surface area contributed by atoms with Crippen molar-refractivity contribution in [3.63, 3.8) is 0 Å². The zero-order chi connectivity index (χ0) is 9.10. The van der Waals surface area contributed by atoms with Gasteiger partial charge in [0.05, 0.1) is 0 Å². The molecule has 74 valence electrons. The summed E-state index contributed by atoms with van der Waals surface area (Å²) < 4.78 is 0. The average molecular weight is 181 g/mol. The Morgan fingerprint density at radius 2 is 1.46 bits per heavy atom. The van der Waals surface area contributed by atoms with Crippen molar-refractivity contribution in [2.24, 2.45) is 11.8 Å². The molecule has 1 aliphatic carbocycles. The summed E-state index contributed by atoms with van der Waals surface area (Å²) >= 11 is 0. The van der Waals surface area contributed by atoms with Gasteiger partial charge in [-0.05, 0) is 50.6 Å². The van der Waals surface area contributed by atoms with Crippen LogP contribution in [-0.4, -0.2) is 18.9 Å². The molecule has 2 nitrogen and oxygen atoms in total. The van der Waals surface area contributed by atoms with Gasteiger partial charge < -0.3 is 5.32 Å². The highest BCUT2D eigenvalue weighted by Gasteiger charge is 2.27. The number of piperidine rings is 1. The van der Waals surface area contributed by atoms with Crippen LogP contribution in [-0.2, 0) is 4.79 Å². The fourth-order valence-corrected chi connectivity index (χ4v) is 2.75. The van der Waals surface area contributed by atoms with E-state index in [-0.39, 0.29) is 0 Å². The third kappa shape index (κ3) is 2.31. The Labute approximate surface area is 80.1 Å². The van der Waals surface area contributed by atoms with E-state index < -0.39 is 0 Å². The van der Waals surface area contributed by atoms with Crippen LogP contribution < -0.4 is 5.32 Å². The van der Waals surface area contributed by atoms with Gasteiger partial charge in [-0.1, -0.05) is 0 Å². The molecule has 0 amide bonds. The van der Waals surface area contributed by atoms with Gasteiger partial charge in [0.2, 0.25) is 0 Å². The van der Waals surface area contributed by atoms with Crippen molar-refractivity contribution in [2.45, 2.75) is 38.5 Å². The number of rotatable bonds is 1. The molecule has 0 aromatic carbocycles. The second-order valence-electron chi connectivity index (χ2n) is 4.46. The van der Waals surface area contributed by atoms with Crippen LogP contribution >= 0.6 is 0 Å². The third-order valence-corrected chi connectivity index (χ3v) is 3.64. The molecule has 2 fully saturated rings. The largest absolute Gasteiger partial charge is 0.317 e. The zero-order valence-electron chi connectivity index (χ0n) is 8.22. The van der Waals surface area contributed by atoms with E-state index in [1.54, 1.807) is 0 Å². The van der Waals surface area contributed by atoms with Gasteiger partial charge in [0.1, 0.15) is 5.78 Å². The Morgan fingerprint density at radius 1 is 0.923 bits per heavy atom. The first-order valence-corrected chi connectivity index (χ1v) is 5.58. The molecule has 13 heavy (non-hydrogen) atoms. The van der Waals surface area contributed by atoms with Crippen LogP contribution in [0.5, 0.6) is 0 Å². The second-order valence-corrected chi connectivity index (χ2v) is 4.46. The molecule has 2 rings (SSSR count). The molecule has 2 heteroatoms. The summed E-state index contributed by atoms with van der Waals surface area (Å²) in [7, 11) is 0. The number of hydrogen-bond donors (Lipinski definition) is 1. The van der Waals surface area contributed by atoms with Gasteiger partial charge in [0, 0.05) is 12.8 Å². The number of nitrogens with one attached hydrogen (secondary N) is 1. The minimum Gasteiger partial charge on any atom is -0.317 e. The number of carbonyl (C=O) groups is 1. The summed E-state index contributed by atoms with van der Waals surface area (Å²) in [5.74, 6) is 2.26. The third-order valence-electron chi connectivity index (χ3n) is 3.64. The highest BCUT2D eigenvalue weighted by molar-refractivity contribution is 5.79. The summed E-state index contributed by atoms with van der Waals surface area (Å²) in [6.07, 6.45) is 6.72. The number of ketones is 1. The van der Waals surface area contributed by atoms with Gasteiger partial charge in [-0.15, -0.1) is 0 Å². The first-order valence-electron chi connectivity index (χ1n) is 5.58. The van der Waals surface area contributed by atoms with E-state index >= 15 is 0 Å². The summed E-state index contributed by atoms with van der Waals surface area (Å²) in [5, 5.41) is 3.40. The van der Waals surface area contributed by atoms with E-state index in [4.69, 9.17) is 0 Å². The molecule has 2 aliphatic rings. The van der Waals surface area contributed by atoms with Crippen molar-refractivity contribution in [1.82, 2.24) is 5.32 Å². The molecule has 1 saturated carbocycles. The van der Waals surface area contributed by atoms with Gasteiger partial charge in [-0.3, -0.25) is 4.79 Å². The highest BCUT2D eigenvalue weighted by atomic mass is 16.1. The predicted octanol–water partition coefficient (Wildman–Crippen LogP) is 1.75. The molecule has 0 spiro atoms. The van der Waals surface area contributed by atoms with Gasteiger partial charge in [0.15, 0.2) is 0 Å². The predicted molar refractivity (Wildman–Crippen MR) is 52.6 cm³/mol. The Hall–Kier alpha value is -0.370. The van der Waals surface area contributed by atoms with Gasteiger partial charge >= 0.3 is 0 Å². The fourth-order valence-electron chi connectivity index (χ4n) is 2.75. The maximum Gasteiger partial charge on any atom is 0.132 e. The molecule has 0 aromatic heterocycles. The summed E-state index contributed by atoms with van der Waals surface area (Å²) in [6.45, 7) is 2.38. The van der Waals surface area contributed by atoms with E-state index in [0.29, 0.717) is 5.78 Å². The van der Waals surface area contributed by atoms with E-state index in [9.17, 15) is 4.79 Å². The molecule has 0 radical (unpaired) electrons. The fraction of sp³-hybridized carbons (Fsp3) is 0.909. The lowest BCUT2D eigenvalue weighted by Gasteiger charge is -2.32. The zero-order valence-corrected chi connectivity index (χ0v) is 8.22. The lowest BCUT2D eigenvalue weighted by atomic mass is 9.76. The van der Waals surface area contributed by atoms with Crippen LogP contribution in [0.1, 0.15) is 38.5 Å².